The van der Waals surface area contributed by atoms with Gasteiger partial charge in [0.15, 0.2) is 0 Å². The Bertz CT molecular complexity index is 852. The van der Waals surface area contributed by atoms with Crippen molar-refractivity contribution in [1.82, 2.24) is 9.80 Å². The van der Waals surface area contributed by atoms with Crippen molar-refractivity contribution in [3.05, 3.63) is 35.4 Å². The van der Waals surface area contributed by atoms with E-state index in [2.05, 4.69) is 30.0 Å². The zero-order valence-electron chi connectivity index (χ0n) is 17.9. The Hall–Kier alpha value is -2.17. The summed E-state index contributed by atoms with van der Waals surface area (Å²) in [5.41, 5.74) is 2.45. The Labute approximate surface area is 178 Å². The number of benzene rings is 1. The third-order valence-corrected chi connectivity index (χ3v) is 8.04. The molecule has 0 radical (unpaired) electrons. The van der Waals surface area contributed by atoms with Gasteiger partial charge < -0.3 is 9.80 Å². The molecule has 1 aromatic rings. The van der Waals surface area contributed by atoms with Gasteiger partial charge in [-0.25, -0.2) is 0 Å². The van der Waals surface area contributed by atoms with Gasteiger partial charge in [0.1, 0.15) is 5.78 Å². The minimum Gasteiger partial charge on any atom is -0.342 e. The lowest BCUT2D eigenvalue weighted by atomic mass is 9.83. The monoisotopic (exact) mass is 408 g/mol. The van der Waals surface area contributed by atoms with E-state index in [1.807, 2.05) is 11.0 Å². The lowest BCUT2D eigenvalue weighted by Gasteiger charge is -2.33. The first-order valence-electron chi connectivity index (χ1n) is 11.7. The van der Waals surface area contributed by atoms with E-state index in [-0.39, 0.29) is 23.7 Å². The van der Waals surface area contributed by atoms with Gasteiger partial charge in [-0.05, 0) is 36.8 Å². The fourth-order valence-corrected chi connectivity index (χ4v) is 6.30. The number of hydrogen-bond donors (Lipinski definition) is 0. The summed E-state index contributed by atoms with van der Waals surface area (Å²) in [6, 6.07) is 8.46. The molecule has 2 heterocycles. The minimum absolute atomic E-state index is 0.0610. The number of aryl methyl sites for hydroxylation is 1. The summed E-state index contributed by atoms with van der Waals surface area (Å²) in [5, 5.41) is 0. The summed E-state index contributed by atoms with van der Waals surface area (Å²) in [7, 11) is 0. The number of likely N-dealkylation sites (tertiary alicyclic amines) is 2. The van der Waals surface area contributed by atoms with Crippen LogP contribution >= 0.6 is 0 Å². The molecule has 5 rings (SSSR count). The number of hydrogen-bond acceptors (Lipinski definition) is 3. The van der Waals surface area contributed by atoms with E-state index in [0.717, 1.165) is 13.1 Å². The van der Waals surface area contributed by atoms with E-state index >= 15 is 0 Å². The van der Waals surface area contributed by atoms with Crippen LogP contribution < -0.4 is 0 Å². The van der Waals surface area contributed by atoms with Gasteiger partial charge in [0.05, 0.1) is 12.0 Å². The first-order chi connectivity index (χ1) is 14.5. The van der Waals surface area contributed by atoms with Crippen LogP contribution in [-0.2, 0) is 14.4 Å². The second-order valence-electron chi connectivity index (χ2n) is 10.0. The number of carbonyl (C=O) groups is 3. The molecule has 0 unspecified atom stereocenters. The summed E-state index contributed by atoms with van der Waals surface area (Å²) in [4.78, 5) is 41.7. The fraction of sp³-hybridized carbons (Fsp3) is 0.640. The zero-order chi connectivity index (χ0) is 20.8. The van der Waals surface area contributed by atoms with Crippen LogP contribution in [0.2, 0.25) is 0 Å². The molecular weight excluding hydrogens is 376 g/mol. The van der Waals surface area contributed by atoms with E-state index in [9.17, 15) is 14.4 Å². The minimum atomic E-state index is -0.103. The number of Topliss-reactive ketones (excluding diaryl/α,β-unsaturated/α-hetero) is 1. The fourth-order valence-electron chi connectivity index (χ4n) is 6.30. The molecule has 4 aliphatic rings. The van der Waals surface area contributed by atoms with Gasteiger partial charge in [-0.15, -0.1) is 0 Å². The molecule has 0 spiro atoms. The SMILES string of the molecule is Cc1ccccc1[C@@H]1[C@H]2CN(C(=O)C3CC(=O)C3)C[C@H]2CN1C(=O)CC1CCCC1. The highest BCUT2D eigenvalue weighted by Gasteiger charge is 2.51. The molecular formula is C25H32N2O3. The summed E-state index contributed by atoms with van der Waals surface area (Å²) >= 11 is 0. The smallest absolute Gasteiger partial charge is 0.226 e. The molecule has 2 aliphatic heterocycles. The van der Waals surface area contributed by atoms with Crippen LogP contribution in [0.1, 0.15) is 62.1 Å². The standard InChI is InChI=1S/C25H32N2O3/c1-16-6-2-5-9-21(16)24-22-15-26(25(30)18-11-20(28)12-18)13-19(22)14-27(24)23(29)10-17-7-3-4-8-17/h2,5-6,9,17-19,22,24H,3-4,7-8,10-15H2,1H3/t19-,22-,24+/m0/s1. The average molecular weight is 409 g/mol. The molecule has 30 heavy (non-hydrogen) atoms. The summed E-state index contributed by atoms with van der Waals surface area (Å²) in [6.07, 6.45) is 6.38. The second-order valence-corrected chi connectivity index (χ2v) is 10.0. The highest BCUT2D eigenvalue weighted by Crippen LogP contribution is 2.47. The number of fused-ring (bicyclic) bond motifs is 1. The molecule has 160 valence electrons. The molecule has 2 amide bonds. The van der Waals surface area contributed by atoms with E-state index in [1.165, 1.54) is 36.8 Å². The molecule has 3 atom stereocenters. The van der Waals surface area contributed by atoms with Crippen molar-refractivity contribution in [3.63, 3.8) is 0 Å². The Balaban J connectivity index is 1.36. The third kappa shape index (κ3) is 3.46. The normalized spacial score (nSPS) is 29.4. The number of rotatable bonds is 4. The van der Waals surface area contributed by atoms with Crippen LogP contribution in [0.25, 0.3) is 0 Å². The maximum Gasteiger partial charge on any atom is 0.226 e. The van der Waals surface area contributed by atoms with Crippen molar-refractivity contribution in [1.29, 1.82) is 0 Å². The predicted octanol–water partition coefficient (Wildman–Crippen LogP) is 3.51. The molecule has 2 aliphatic carbocycles. The van der Waals surface area contributed by atoms with Crippen molar-refractivity contribution in [2.75, 3.05) is 19.6 Å². The number of amides is 2. The van der Waals surface area contributed by atoms with E-state index in [4.69, 9.17) is 0 Å². The lowest BCUT2D eigenvalue weighted by Crippen LogP contribution is -2.43. The summed E-state index contributed by atoms with van der Waals surface area (Å²) in [5.74, 6) is 1.72. The van der Waals surface area contributed by atoms with E-state index in [0.29, 0.717) is 49.5 Å². The van der Waals surface area contributed by atoms with Gasteiger partial charge in [-0.2, -0.15) is 0 Å². The predicted molar refractivity (Wildman–Crippen MR) is 113 cm³/mol. The lowest BCUT2D eigenvalue weighted by molar-refractivity contribution is -0.144. The highest BCUT2D eigenvalue weighted by atomic mass is 16.2. The van der Waals surface area contributed by atoms with Gasteiger partial charge in [0, 0.05) is 50.7 Å². The van der Waals surface area contributed by atoms with Gasteiger partial charge in [0.2, 0.25) is 11.8 Å². The second kappa shape index (κ2) is 7.82. The zero-order valence-corrected chi connectivity index (χ0v) is 17.9. The van der Waals surface area contributed by atoms with Crippen molar-refractivity contribution in [3.8, 4) is 0 Å². The Morgan fingerprint density at radius 3 is 2.47 bits per heavy atom. The van der Waals surface area contributed by atoms with Crippen LogP contribution in [0.5, 0.6) is 0 Å². The van der Waals surface area contributed by atoms with Crippen molar-refractivity contribution in [2.24, 2.45) is 23.7 Å². The van der Waals surface area contributed by atoms with Crippen LogP contribution in [0, 0.1) is 30.6 Å². The van der Waals surface area contributed by atoms with Crippen LogP contribution in [-0.4, -0.2) is 47.0 Å². The third-order valence-electron chi connectivity index (χ3n) is 8.04. The van der Waals surface area contributed by atoms with Crippen molar-refractivity contribution >= 4 is 17.6 Å². The maximum absolute atomic E-state index is 13.4. The maximum atomic E-state index is 13.4. The summed E-state index contributed by atoms with van der Waals surface area (Å²) in [6.45, 7) is 4.31. The van der Waals surface area contributed by atoms with Crippen molar-refractivity contribution < 1.29 is 14.4 Å². The summed E-state index contributed by atoms with van der Waals surface area (Å²) < 4.78 is 0. The Kier molecular flexibility index (Phi) is 5.16. The highest BCUT2D eigenvalue weighted by molar-refractivity contribution is 5.96. The van der Waals surface area contributed by atoms with Gasteiger partial charge in [0.25, 0.3) is 0 Å². The molecule has 4 fully saturated rings. The molecule has 0 aromatic heterocycles. The molecule has 5 nitrogen and oxygen atoms in total. The van der Waals surface area contributed by atoms with Gasteiger partial charge in [-0.3, -0.25) is 14.4 Å². The first kappa shape index (κ1) is 19.8. The average Bonchev–Trinajstić information content (AvgIpc) is 3.41. The van der Waals surface area contributed by atoms with Crippen molar-refractivity contribution in [2.45, 2.75) is 57.9 Å². The molecule has 0 N–H and O–H groups in total. The molecule has 2 saturated carbocycles. The quantitative estimate of drug-likeness (QED) is 0.766. The Morgan fingerprint density at radius 2 is 1.77 bits per heavy atom. The first-order valence-corrected chi connectivity index (χ1v) is 11.7. The Morgan fingerprint density at radius 1 is 1.03 bits per heavy atom. The largest absolute Gasteiger partial charge is 0.342 e. The van der Waals surface area contributed by atoms with Gasteiger partial charge >= 0.3 is 0 Å². The van der Waals surface area contributed by atoms with E-state index in [1.54, 1.807) is 0 Å². The number of carbonyl (C=O) groups excluding carboxylic acids is 3. The molecule has 1 aromatic carbocycles. The topological polar surface area (TPSA) is 57.7 Å². The van der Waals surface area contributed by atoms with Gasteiger partial charge in [-0.1, -0.05) is 37.1 Å². The van der Waals surface area contributed by atoms with Crippen LogP contribution in [0.4, 0.5) is 0 Å². The van der Waals surface area contributed by atoms with Crippen LogP contribution in [0.15, 0.2) is 24.3 Å². The molecule has 2 saturated heterocycles. The van der Waals surface area contributed by atoms with Crippen LogP contribution in [0.3, 0.4) is 0 Å². The molecule has 5 heteroatoms. The number of nitrogens with zero attached hydrogens (tertiary/aromatic N) is 2. The molecule has 0 bridgehead atoms. The number of ketones is 1. The van der Waals surface area contributed by atoms with E-state index < -0.39 is 0 Å².